The molecular formula is C23H29N3O3S. The number of hydrogen-bond acceptors (Lipinski definition) is 4. The van der Waals surface area contributed by atoms with Crippen LogP contribution in [0.15, 0.2) is 59.0 Å². The molecule has 0 saturated heterocycles. The summed E-state index contributed by atoms with van der Waals surface area (Å²) in [6.07, 6.45) is 2.29. The Bertz CT molecular complexity index is 998. The molecule has 0 atom stereocenters. The molecule has 0 spiro atoms. The van der Waals surface area contributed by atoms with E-state index in [1.54, 1.807) is 20.8 Å². The van der Waals surface area contributed by atoms with Gasteiger partial charge in [-0.3, -0.25) is 4.79 Å². The van der Waals surface area contributed by atoms with E-state index in [-0.39, 0.29) is 11.8 Å². The lowest BCUT2D eigenvalue weighted by Crippen LogP contribution is -2.30. The number of carbonyl (C=O) groups is 1. The van der Waals surface area contributed by atoms with E-state index in [2.05, 4.69) is 15.0 Å². The molecule has 160 valence electrons. The van der Waals surface area contributed by atoms with Crippen molar-refractivity contribution in [1.82, 2.24) is 0 Å². The molecule has 3 rings (SSSR count). The van der Waals surface area contributed by atoms with Gasteiger partial charge < -0.3 is 10.6 Å². The van der Waals surface area contributed by atoms with Gasteiger partial charge in [0.1, 0.15) is 0 Å². The number of benzene rings is 2. The maximum Gasteiger partial charge on any atom is 0.257 e. The second-order valence-electron chi connectivity index (χ2n) is 8.58. The van der Waals surface area contributed by atoms with Crippen LogP contribution in [-0.2, 0) is 14.8 Å². The highest BCUT2D eigenvalue weighted by Gasteiger charge is 2.31. The molecule has 1 fully saturated rings. The fraction of sp³-hybridized carbons (Fsp3) is 0.391. The lowest BCUT2D eigenvalue weighted by molar-refractivity contribution is -0.120. The zero-order chi connectivity index (χ0) is 21.8. The number of rotatable bonds is 5. The van der Waals surface area contributed by atoms with Crippen LogP contribution in [-0.4, -0.2) is 24.8 Å². The van der Waals surface area contributed by atoms with Crippen LogP contribution in [0.25, 0.3) is 0 Å². The summed E-state index contributed by atoms with van der Waals surface area (Å²) in [7, 11) is -3.53. The van der Waals surface area contributed by atoms with Gasteiger partial charge in [-0.2, -0.15) is 4.40 Å². The molecule has 0 aromatic heterocycles. The van der Waals surface area contributed by atoms with Crippen molar-refractivity contribution < 1.29 is 13.2 Å². The number of nitrogens with one attached hydrogen (secondary N) is 2. The Hall–Kier alpha value is -2.67. The Balaban J connectivity index is 1.54. The summed E-state index contributed by atoms with van der Waals surface area (Å²) in [6, 6.07) is 17.5. The summed E-state index contributed by atoms with van der Waals surface area (Å²) in [5.74, 6) is -0.167. The van der Waals surface area contributed by atoms with E-state index in [1.807, 2.05) is 54.6 Å². The van der Waals surface area contributed by atoms with E-state index in [0.29, 0.717) is 31.4 Å². The van der Waals surface area contributed by atoms with Crippen molar-refractivity contribution in [3.05, 3.63) is 54.6 Å². The summed E-state index contributed by atoms with van der Waals surface area (Å²) < 4.78 is 27.6. The van der Waals surface area contributed by atoms with Gasteiger partial charge in [-0.15, -0.1) is 0 Å². The molecule has 1 saturated carbocycles. The number of nitrogens with zero attached hydrogens (tertiary/aromatic N) is 1. The van der Waals surface area contributed by atoms with Gasteiger partial charge in [0.2, 0.25) is 5.91 Å². The molecule has 0 heterocycles. The summed E-state index contributed by atoms with van der Waals surface area (Å²) in [6.45, 7) is 4.93. The maximum atomic E-state index is 12.6. The predicted octanol–water partition coefficient (Wildman–Crippen LogP) is 5.13. The third kappa shape index (κ3) is 5.69. The van der Waals surface area contributed by atoms with Gasteiger partial charge in [0.25, 0.3) is 10.0 Å². The van der Waals surface area contributed by atoms with E-state index >= 15 is 0 Å². The van der Waals surface area contributed by atoms with Crippen molar-refractivity contribution in [3.63, 3.8) is 0 Å². The molecule has 1 aliphatic rings. The standard InChI is InChI=1S/C23H29N3O3S/c1-23(2,3)30(28,29)26-21-11-9-17(10-12-21)22(27)25-20-15-13-19(14-16-20)24-18-7-5-4-6-8-18/h4-8,13-17,24H,9-12H2,1-3H3,(H,25,27). The number of anilines is 3. The first kappa shape index (κ1) is 22.0. The minimum Gasteiger partial charge on any atom is -0.356 e. The monoisotopic (exact) mass is 427 g/mol. The first-order valence-electron chi connectivity index (χ1n) is 10.2. The molecule has 2 aromatic rings. The summed E-state index contributed by atoms with van der Waals surface area (Å²) in [5.41, 5.74) is 3.36. The molecule has 0 aliphatic heterocycles. The highest BCUT2D eigenvalue weighted by atomic mass is 32.2. The minimum absolute atomic E-state index is 0.0310. The second kappa shape index (κ2) is 9.00. The Morgan fingerprint density at radius 2 is 1.43 bits per heavy atom. The molecule has 0 bridgehead atoms. The zero-order valence-corrected chi connectivity index (χ0v) is 18.5. The van der Waals surface area contributed by atoms with Gasteiger partial charge in [-0.1, -0.05) is 18.2 Å². The third-order valence-corrected chi connectivity index (χ3v) is 7.22. The molecule has 1 amide bonds. The first-order chi connectivity index (χ1) is 14.1. The van der Waals surface area contributed by atoms with Crippen molar-refractivity contribution in [3.8, 4) is 0 Å². The van der Waals surface area contributed by atoms with Crippen LogP contribution in [0.4, 0.5) is 17.1 Å². The van der Waals surface area contributed by atoms with Crippen molar-refractivity contribution in [2.75, 3.05) is 10.6 Å². The Labute approximate surface area is 178 Å². The number of hydrogen-bond donors (Lipinski definition) is 2. The van der Waals surface area contributed by atoms with Crippen LogP contribution in [0.1, 0.15) is 46.5 Å². The van der Waals surface area contributed by atoms with Crippen molar-refractivity contribution >= 4 is 38.7 Å². The molecule has 6 nitrogen and oxygen atoms in total. The van der Waals surface area contributed by atoms with Crippen LogP contribution >= 0.6 is 0 Å². The van der Waals surface area contributed by atoms with Gasteiger partial charge in [0.15, 0.2) is 0 Å². The van der Waals surface area contributed by atoms with Gasteiger partial charge >= 0.3 is 0 Å². The largest absolute Gasteiger partial charge is 0.356 e. The third-order valence-electron chi connectivity index (χ3n) is 5.17. The molecule has 30 heavy (non-hydrogen) atoms. The van der Waals surface area contributed by atoms with Crippen LogP contribution in [0, 0.1) is 5.92 Å². The SMILES string of the molecule is CC(C)(C)S(=O)(=O)N=C1CCC(C(=O)Nc2ccc(Nc3ccccc3)cc2)CC1. The molecule has 1 aliphatic carbocycles. The highest BCUT2D eigenvalue weighted by molar-refractivity contribution is 7.91. The average Bonchev–Trinajstić information content (AvgIpc) is 2.70. The normalized spacial score (nSPS) is 17.3. The van der Waals surface area contributed by atoms with E-state index in [4.69, 9.17) is 0 Å². The van der Waals surface area contributed by atoms with E-state index in [0.717, 1.165) is 17.1 Å². The molecule has 2 aromatic carbocycles. The van der Waals surface area contributed by atoms with E-state index < -0.39 is 14.8 Å². The number of carbonyl (C=O) groups excluding carboxylic acids is 1. The summed E-state index contributed by atoms with van der Waals surface area (Å²) >= 11 is 0. The van der Waals surface area contributed by atoms with Gasteiger partial charge in [-0.25, -0.2) is 8.42 Å². The fourth-order valence-corrected chi connectivity index (χ4v) is 3.98. The average molecular weight is 428 g/mol. The Kier molecular flexibility index (Phi) is 6.61. The molecule has 0 radical (unpaired) electrons. The highest BCUT2D eigenvalue weighted by Crippen LogP contribution is 2.27. The summed E-state index contributed by atoms with van der Waals surface area (Å²) in [4.78, 5) is 12.6. The van der Waals surface area contributed by atoms with Gasteiger partial charge in [0.05, 0.1) is 4.75 Å². The lowest BCUT2D eigenvalue weighted by atomic mass is 9.87. The van der Waals surface area contributed by atoms with Crippen LogP contribution < -0.4 is 10.6 Å². The fourth-order valence-electron chi connectivity index (χ4n) is 3.18. The molecular weight excluding hydrogens is 398 g/mol. The second-order valence-corrected chi connectivity index (χ2v) is 10.9. The molecule has 0 unspecified atom stereocenters. The minimum atomic E-state index is -3.53. The number of sulfonamides is 1. The lowest BCUT2D eigenvalue weighted by Gasteiger charge is -2.23. The predicted molar refractivity (Wildman–Crippen MR) is 123 cm³/mol. The number of para-hydroxylation sites is 1. The van der Waals surface area contributed by atoms with Crippen LogP contribution in [0.5, 0.6) is 0 Å². The van der Waals surface area contributed by atoms with Crippen LogP contribution in [0.2, 0.25) is 0 Å². The molecule has 2 N–H and O–H groups in total. The van der Waals surface area contributed by atoms with Crippen molar-refractivity contribution in [2.24, 2.45) is 10.3 Å². The number of amides is 1. The van der Waals surface area contributed by atoms with Crippen molar-refractivity contribution in [1.29, 1.82) is 0 Å². The van der Waals surface area contributed by atoms with Gasteiger partial charge in [-0.05, 0) is 82.9 Å². The Morgan fingerprint density at radius 1 is 0.900 bits per heavy atom. The van der Waals surface area contributed by atoms with E-state index in [1.165, 1.54) is 0 Å². The first-order valence-corrected chi connectivity index (χ1v) is 11.6. The smallest absolute Gasteiger partial charge is 0.257 e. The van der Waals surface area contributed by atoms with Crippen molar-refractivity contribution in [2.45, 2.75) is 51.2 Å². The Morgan fingerprint density at radius 3 is 2.00 bits per heavy atom. The maximum absolute atomic E-state index is 12.6. The van der Waals surface area contributed by atoms with Gasteiger partial charge in [0, 0.05) is 28.7 Å². The quantitative estimate of drug-likeness (QED) is 0.692. The summed E-state index contributed by atoms with van der Waals surface area (Å²) in [5, 5.41) is 6.27. The van der Waals surface area contributed by atoms with Crippen LogP contribution in [0.3, 0.4) is 0 Å². The van der Waals surface area contributed by atoms with E-state index in [9.17, 15) is 13.2 Å². The topological polar surface area (TPSA) is 87.6 Å². The molecule has 7 heteroatoms. The zero-order valence-electron chi connectivity index (χ0n) is 17.7.